The second-order valence-corrected chi connectivity index (χ2v) is 7.51. The molecule has 0 aliphatic heterocycles. The number of aliphatic hydroxyl groups excluding tert-OH is 3. The average molecular weight is 423 g/mol. The molecule has 0 aliphatic carbocycles. The molecular formula is C15H25F2NNaO7P. The zero-order chi connectivity index (χ0) is 19.8. The fourth-order valence-corrected chi connectivity index (χ4v) is 2.94. The van der Waals surface area contributed by atoms with Gasteiger partial charge in [-0.05, 0) is 12.5 Å². The number of rotatable bonds is 12. The van der Waals surface area contributed by atoms with Gasteiger partial charge in [0.05, 0.1) is 31.8 Å². The van der Waals surface area contributed by atoms with E-state index in [9.17, 15) is 33.6 Å². The van der Waals surface area contributed by atoms with E-state index in [1.165, 1.54) is 6.92 Å². The van der Waals surface area contributed by atoms with E-state index in [4.69, 9.17) is 4.84 Å². The quantitative estimate of drug-likeness (QED) is 0.114. The first-order valence-electron chi connectivity index (χ1n) is 7.88. The van der Waals surface area contributed by atoms with Crippen LogP contribution >= 0.6 is 7.60 Å². The van der Waals surface area contributed by atoms with E-state index in [-0.39, 0.29) is 44.1 Å². The first-order valence-corrected chi connectivity index (χ1v) is 9.46. The molecule has 5 N–H and O–H groups in total. The number of nitrogens with one attached hydrogen (secondary N) is 1. The first kappa shape index (κ1) is 27.0. The second-order valence-electron chi connectivity index (χ2n) is 5.56. The van der Waals surface area contributed by atoms with Crippen LogP contribution < -0.4 is 35.0 Å². The Balaban J connectivity index is 0. The summed E-state index contributed by atoms with van der Waals surface area (Å²) in [6, 6.07) is 9.02. The van der Waals surface area contributed by atoms with E-state index in [0.29, 0.717) is 0 Å². The summed E-state index contributed by atoms with van der Waals surface area (Å²) < 4.78 is 43.0. The van der Waals surface area contributed by atoms with E-state index in [1.807, 2.05) is 6.07 Å². The van der Waals surface area contributed by atoms with E-state index < -0.39 is 44.6 Å². The zero-order valence-corrected chi connectivity index (χ0v) is 18.1. The maximum absolute atomic E-state index is 13.7. The molecule has 0 saturated heterocycles. The van der Waals surface area contributed by atoms with Crippen LogP contribution in [-0.4, -0.2) is 57.3 Å². The van der Waals surface area contributed by atoms with Crippen molar-refractivity contribution in [2.75, 3.05) is 13.2 Å². The van der Waals surface area contributed by atoms with Gasteiger partial charge >= 0.3 is 42.8 Å². The van der Waals surface area contributed by atoms with Gasteiger partial charge in [-0.25, -0.2) is 0 Å². The maximum Gasteiger partial charge on any atom is 1.00 e. The molecular weight excluding hydrogens is 398 g/mol. The Morgan fingerprint density at radius 2 is 1.81 bits per heavy atom. The number of aliphatic hydroxyl groups is 3. The van der Waals surface area contributed by atoms with Crippen LogP contribution in [0.15, 0.2) is 30.3 Å². The topological polar surface area (TPSA) is 128 Å². The van der Waals surface area contributed by atoms with Gasteiger partial charge in [-0.15, -0.1) is 0 Å². The summed E-state index contributed by atoms with van der Waals surface area (Å²) in [6.07, 6.45) is -7.35. The van der Waals surface area contributed by atoms with Crippen LogP contribution in [-0.2, 0) is 20.5 Å². The van der Waals surface area contributed by atoms with Gasteiger partial charge in [0.1, 0.15) is 6.10 Å². The van der Waals surface area contributed by atoms with E-state index in [0.717, 1.165) is 5.56 Å². The maximum atomic E-state index is 13.7. The molecule has 0 bridgehead atoms. The standard InChI is InChI=1S/C15H24F2NO7P.Na.H/c1-2-25-26(22,23)15(16,17)8-12(19)14(21)13(20)9-18-24-10-11-6-4-3-5-7-11;;/h3-7,12-14,18-21H,2,8-10H2,1H3,(H,22,23);;/q;+1;-1/t12-,13+,14-;;/m1../s1. The van der Waals surface area contributed by atoms with Gasteiger partial charge in [0.2, 0.25) is 0 Å². The molecule has 0 heterocycles. The average Bonchev–Trinajstić information content (AvgIpc) is 2.58. The van der Waals surface area contributed by atoms with Crippen LogP contribution in [0.3, 0.4) is 0 Å². The molecule has 0 radical (unpaired) electrons. The summed E-state index contributed by atoms with van der Waals surface area (Å²) >= 11 is 0. The fourth-order valence-electron chi connectivity index (χ4n) is 1.99. The van der Waals surface area contributed by atoms with Gasteiger partial charge < -0.3 is 26.2 Å². The van der Waals surface area contributed by atoms with Crippen molar-refractivity contribution in [2.45, 2.75) is 43.9 Å². The van der Waals surface area contributed by atoms with E-state index in [1.54, 1.807) is 24.3 Å². The molecule has 12 heteroatoms. The van der Waals surface area contributed by atoms with Crippen molar-refractivity contribution >= 4 is 7.60 Å². The van der Waals surface area contributed by atoms with Crippen LogP contribution in [0.1, 0.15) is 20.3 Å². The molecule has 152 valence electrons. The van der Waals surface area contributed by atoms with E-state index in [2.05, 4.69) is 10.0 Å². The molecule has 1 rings (SSSR count). The van der Waals surface area contributed by atoms with Crippen molar-refractivity contribution in [1.29, 1.82) is 0 Å². The van der Waals surface area contributed by atoms with Crippen LogP contribution in [0.2, 0.25) is 0 Å². The Morgan fingerprint density at radius 1 is 1.22 bits per heavy atom. The number of hydroxylamine groups is 1. The van der Waals surface area contributed by atoms with Gasteiger partial charge in [-0.3, -0.25) is 9.40 Å². The first-order chi connectivity index (χ1) is 12.1. The Hall–Kier alpha value is 0.0300. The van der Waals surface area contributed by atoms with Crippen LogP contribution in [0.5, 0.6) is 0 Å². The number of hydrogen-bond acceptors (Lipinski definition) is 7. The minimum absolute atomic E-state index is 0. The Morgan fingerprint density at radius 3 is 2.37 bits per heavy atom. The van der Waals surface area contributed by atoms with Gasteiger partial charge in [0.25, 0.3) is 0 Å². The van der Waals surface area contributed by atoms with E-state index >= 15 is 0 Å². The van der Waals surface area contributed by atoms with Gasteiger partial charge in [-0.2, -0.15) is 14.3 Å². The summed E-state index contributed by atoms with van der Waals surface area (Å²) in [7, 11) is -5.31. The van der Waals surface area contributed by atoms with Crippen molar-refractivity contribution in [3.8, 4) is 0 Å². The van der Waals surface area contributed by atoms with Crippen LogP contribution in [0.4, 0.5) is 8.78 Å². The minimum atomic E-state index is -5.31. The van der Waals surface area contributed by atoms with Crippen molar-refractivity contribution in [1.82, 2.24) is 5.48 Å². The molecule has 0 saturated carbocycles. The molecule has 0 aromatic heterocycles. The van der Waals surface area contributed by atoms with Gasteiger partial charge in [-0.1, -0.05) is 30.3 Å². The molecule has 0 fully saturated rings. The van der Waals surface area contributed by atoms with Gasteiger partial charge in [0.15, 0.2) is 0 Å². The molecule has 4 atom stereocenters. The van der Waals surface area contributed by atoms with Gasteiger partial charge in [0, 0.05) is 6.54 Å². The summed E-state index contributed by atoms with van der Waals surface area (Å²) in [4.78, 5) is 14.2. The molecule has 0 amide bonds. The SMILES string of the molecule is CCOP(=O)(O)C(F)(F)C[C@@H](O)[C@@H](O)[C@@H](O)CNOCc1ccccc1.[H-].[Na+]. The third-order valence-corrected chi connectivity index (χ3v) is 5.05. The normalized spacial score (nSPS) is 17.4. The third-order valence-electron chi connectivity index (χ3n) is 3.44. The summed E-state index contributed by atoms with van der Waals surface area (Å²) in [5.41, 5.74) is -1.09. The minimum Gasteiger partial charge on any atom is -1.00 e. The predicted octanol–water partition coefficient (Wildman–Crippen LogP) is -1.89. The molecule has 1 unspecified atom stereocenters. The molecule has 8 nitrogen and oxygen atoms in total. The summed E-state index contributed by atoms with van der Waals surface area (Å²) in [5.74, 6) is 0. The summed E-state index contributed by atoms with van der Waals surface area (Å²) in [5, 5.41) is 29.1. The molecule has 0 spiro atoms. The Bertz CT molecular complexity index is 591. The Kier molecular flexibility index (Phi) is 12.6. The van der Waals surface area contributed by atoms with Crippen molar-refractivity contribution < 1.29 is 73.9 Å². The fraction of sp³-hybridized carbons (Fsp3) is 0.600. The zero-order valence-electron chi connectivity index (χ0n) is 16.2. The Labute approximate surface area is 179 Å². The summed E-state index contributed by atoms with van der Waals surface area (Å²) in [6.45, 7) is 0.633. The molecule has 1 aromatic rings. The molecule has 0 aliphatic rings. The third kappa shape index (κ3) is 8.93. The molecule has 1 aromatic carbocycles. The number of alkyl halides is 2. The number of hydrogen-bond donors (Lipinski definition) is 5. The monoisotopic (exact) mass is 423 g/mol. The molecule has 27 heavy (non-hydrogen) atoms. The van der Waals surface area contributed by atoms with Crippen LogP contribution in [0.25, 0.3) is 0 Å². The van der Waals surface area contributed by atoms with Crippen molar-refractivity contribution in [3.05, 3.63) is 35.9 Å². The largest absolute Gasteiger partial charge is 1.00 e. The number of benzene rings is 1. The second kappa shape index (κ2) is 12.6. The van der Waals surface area contributed by atoms with Crippen molar-refractivity contribution in [2.24, 2.45) is 0 Å². The smallest absolute Gasteiger partial charge is 1.00 e. The number of halogens is 2. The van der Waals surface area contributed by atoms with Crippen molar-refractivity contribution in [3.63, 3.8) is 0 Å². The predicted molar refractivity (Wildman–Crippen MR) is 89.4 cm³/mol. The van der Waals surface area contributed by atoms with Crippen LogP contribution in [0, 0.1) is 0 Å².